The van der Waals surface area contributed by atoms with E-state index in [2.05, 4.69) is 42.2 Å². The number of hydrogen-bond donors (Lipinski definition) is 0. The normalized spacial score (nSPS) is 20.8. The number of nitrogens with zero attached hydrogens (tertiary/aromatic N) is 3. The molecule has 1 amide bonds. The fourth-order valence-corrected chi connectivity index (χ4v) is 6.80. The van der Waals surface area contributed by atoms with Gasteiger partial charge in [0.15, 0.2) is 0 Å². The average molecular weight is 612 g/mol. The number of esters is 1. The van der Waals surface area contributed by atoms with E-state index in [-0.39, 0.29) is 17.8 Å². The van der Waals surface area contributed by atoms with Gasteiger partial charge in [0.05, 0.1) is 19.0 Å². The number of ether oxygens (including phenoxy) is 2. The van der Waals surface area contributed by atoms with E-state index in [4.69, 9.17) is 14.5 Å². The number of allylic oxidation sites excluding steroid dienone is 2. The lowest BCUT2D eigenvalue weighted by Gasteiger charge is -2.29. The van der Waals surface area contributed by atoms with Gasteiger partial charge in [0.1, 0.15) is 11.4 Å². The Labute approximate surface area is 269 Å². The fourth-order valence-electron chi connectivity index (χ4n) is 6.80. The van der Waals surface area contributed by atoms with Crippen molar-refractivity contribution in [3.63, 3.8) is 0 Å². The lowest BCUT2D eigenvalue weighted by atomic mass is 9.86. The Balaban J connectivity index is 1.23. The second-order valence-electron chi connectivity index (χ2n) is 13.8. The molecule has 3 heterocycles. The number of aryl methyl sites for hydroxylation is 1. The summed E-state index contributed by atoms with van der Waals surface area (Å²) >= 11 is 0. The third-order valence-electron chi connectivity index (χ3n) is 9.24. The van der Waals surface area contributed by atoms with E-state index in [1.54, 1.807) is 12.0 Å². The molecule has 1 saturated heterocycles. The molecule has 3 aliphatic heterocycles. The van der Waals surface area contributed by atoms with Crippen LogP contribution < -0.4 is 9.64 Å². The van der Waals surface area contributed by atoms with Gasteiger partial charge in [0.25, 0.3) is 5.91 Å². The first-order chi connectivity index (χ1) is 21.5. The fraction of sp³-hybridized carbons (Fsp3) is 0.500. The molecule has 0 spiro atoms. The average Bonchev–Trinajstić information content (AvgIpc) is 3.36. The second kappa shape index (κ2) is 14.1. The molecule has 2 unspecified atom stereocenters. The number of fused-ring (bicyclic) bond motifs is 2. The third kappa shape index (κ3) is 8.05. The monoisotopic (exact) mass is 611 g/mol. The number of anilines is 1. The molecule has 3 aliphatic rings. The van der Waals surface area contributed by atoms with Crippen molar-refractivity contribution in [2.45, 2.75) is 90.6 Å². The number of carbonyl (C=O) groups is 2. The van der Waals surface area contributed by atoms with Crippen molar-refractivity contribution in [1.29, 1.82) is 0 Å². The van der Waals surface area contributed by atoms with E-state index in [1.807, 2.05) is 52.2 Å². The number of rotatable bonds is 7. The van der Waals surface area contributed by atoms with Crippen LogP contribution in [-0.2, 0) is 16.0 Å². The van der Waals surface area contributed by atoms with Crippen LogP contribution in [0.2, 0.25) is 0 Å². The number of likely N-dealkylation sites (N-methyl/N-ethyl adjacent to an activating group) is 1. The Morgan fingerprint density at radius 2 is 1.87 bits per heavy atom. The first-order valence-corrected chi connectivity index (χ1v) is 16.5. The summed E-state index contributed by atoms with van der Waals surface area (Å²) in [5.41, 5.74) is 6.94. The molecule has 0 aromatic heterocycles. The van der Waals surface area contributed by atoms with Crippen LogP contribution >= 0.6 is 0 Å². The zero-order chi connectivity index (χ0) is 32.1. The number of aliphatic imine (C=N–C) groups is 1. The van der Waals surface area contributed by atoms with Crippen LogP contribution in [0.25, 0.3) is 0 Å². The highest BCUT2D eigenvalue weighted by Gasteiger charge is 2.28. The number of benzene rings is 2. The summed E-state index contributed by atoms with van der Waals surface area (Å²) in [4.78, 5) is 34.9. The van der Waals surface area contributed by atoms with Gasteiger partial charge < -0.3 is 19.3 Å². The van der Waals surface area contributed by atoms with E-state index in [0.29, 0.717) is 12.3 Å². The van der Waals surface area contributed by atoms with Crippen molar-refractivity contribution < 1.29 is 19.1 Å². The maximum atomic E-state index is 13.4. The van der Waals surface area contributed by atoms with Gasteiger partial charge in [-0.2, -0.15) is 0 Å². The summed E-state index contributed by atoms with van der Waals surface area (Å²) in [6.45, 7) is 9.85. The lowest BCUT2D eigenvalue weighted by Crippen LogP contribution is -2.30. The highest BCUT2D eigenvalue weighted by molar-refractivity contribution is 5.98. The smallest absolute Gasteiger partial charge is 0.306 e. The molecule has 1 fully saturated rings. The highest BCUT2D eigenvalue weighted by Crippen LogP contribution is 2.36. The minimum Gasteiger partial charge on any atom is -0.496 e. The predicted octanol–water partition coefficient (Wildman–Crippen LogP) is 7.86. The van der Waals surface area contributed by atoms with Gasteiger partial charge in [-0.15, -0.1) is 0 Å². The molecule has 5 rings (SSSR count). The molecular weight excluding hydrogens is 562 g/mol. The first kappa shape index (κ1) is 32.5. The zero-order valence-electron chi connectivity index (χ0n) is 27.9. The Kier molecular flexibility index (Phi) is 10.2. The predicted molar refractivity (Wildman–Crippen MR) is 181 cm³/mol. The zero-order valence-corrected chi connectivity index (χ0v) is 27.9. The molecule has 0 radical (unpaired) electrons. The number of hydrogen-bond acceptors (Lipinski definition) is 6. The second-order valence-corrected chi connectivity index (χ2v) is 13.8. The molecule has 240 valence electrons. The molecule has 0 aliphatic carbocycles. The van der Waals surface area contributed by atoms with Crippen LogP contribution in [0.5, 0.6) is 5.75 Å². The minimum atomic E-state index is -0.441. The van der Waals surface area contributed by atoms with E-state index in [9.17, 15) is 9.59 Å². The molecule has 2 aromatic rings. The van der Waals surface area contributed by atoms with Gasteiger partial charge in [0, 0.05) is 56.0 Å². The molecule has 0 bridgehead atoms. The number of carbonyl (C=O) groups excluding carboxylic acids is 2. The van der Waals surface area contributed by atoms with Crippen molar-refractivity contribution in [1.82, 2.24) is 4.90 Å². The van der Waals surface area contributed by atoms with E-state index < -0.39 is 5.60 Å². The maximum Gasteiger partial charge on any atom is 0.306 e. The minimum absolute atomic E-state index is 0.0146. The standard InChI is InChI=1S/C38H49N3O4/c1-26-22-29-14-17-30(39-25-34(29)40(5)37(43)33-12-8-7-11-32(26)33)16-13-28-15-18-31(24-35(28)44-6)41-20-9-10-27(19-21-41)23-36(42)45-38(2,3)4/h7-8,11-12,14-15,18,24-27H,9-10,13,16-17,19-23H2,1-6H3. The van der Waals surface area contributed by atoms with Crippen molar-refractivity contribution in [2.24, 2.45) is 10.9 Å². The molecule has 45 heavy (non-hydrogen) atoms. The van der Waals surface area contributed by atoms with E-state index in [1.165, 1.54) is 5.57 Å². The van der Waals surface area contributed by atoms with Crippen LogP contribution in [0.15, 0.2) is 71.0 Å². The Hall–Kier alpha value is -3.87. The van der Waals surface area contributed by atoms with Crippen LogP contribution in [-0.4, -0.2) is 55.3 Å². The van der Waals surface area contributed by atoms with Gasteiger partial charge in [-0.3, -0.25) is 14.6 Å². The molecule has 2 atom stereocenters. The molecule has 0 N–H and O–H groups in total. The van der Waals surface area contributed by atoms with Crippen molar-refractivity contribution in [3.05, 3.63) is 82.7 Å². The third-order valence-corrected chi connectivity index (χ3v) is 9.24. The highest BCUT2D eigenvalue weighted by atomic mass is 16.6. The van der Waals surface area contributed by atoms with Crippen LogP contribution in [0.3, 0.4) is 0 Å². The van der Waals surface area contributed by atoms with Crippen molar-refractivity contribution in [3.8, 4) is 5.75 Å². The van der Waals surface area contributed by atoms with Gasteiger partial charge >= 0.3 is 5.97 Å². The topological polar surface area (TPSA) is 71.4 Å². The summed E-state index contributed by atoms with van der Waals surface area (Å²) in [6.07, 6.45) is 11.0. The van der Waals surface area contributed by atoms with Crippen molar-refractivity contribution >= 4 is 23.3 Å². The Bertz CT molecular complexity index is 1500. The molecule has 0 saturated carbocycles. The van der Waals surface area contributed by atoms with Gasteiger partial charge in [-0.25, -0.2) is 0 Å². The van der Waals surface area contributed by atoms with Gasteiger partial charge in [-0.05, 0) is 100.0 Å². The molecular formula is C38H49N3O4. The summed E-state index contributed by atoms with van der Waals surface area (Å²) in [7, 11) is 3.59. The summed E-state index contributed by atoms with van der Waals surface area (Å²) in [5, 5.41) is 0. The number of amides is 1. The van der Waals surface area contributed by atoms with Crippen LogP contribution in [0, 0.1) is 5.92 Å². The van der Waals surface area contributed by atoms with Gasteiger partial charge in [-0.1, -0.05) is 37.3 Å². The SMILES string of the molecule is COc1cc(N2CCCC(CC(=O)OC(C)(C)C)CC2)ccc1CCC1=NC=C2C(=CC1)CC(C)c1ccccc1C(=O)N2C. The van der Waals surface area contributed by atoms with Crippen molar-refractivity contribution in [2.75, 3.05) is 32.1 Å². The molecule has 7 nitrogen and oxygen atoms in total. The van der Waals surface area contributed by atoms with E-state index in [0.717, 1.165) is 97.6 Å². The quantitative estimate of drug-likeness (QED) is 0.298. The Morgan fingerprint density at radius 1 is 1.07 bits per heavy atom. The van der Waals surface area contributed by atoms with E-state index >= 15 is 0 Å². The Morgan fingerprint density at radius 3 is 2.64 bits per heavy atom. The lowest BCUT2D eigenvalue weighted by molar-refractivity contribution is -0.156. The molecule has 7 heteroatoms. The summed E-state index contributed by atoms with van der Waals surface area (Å²) < 4.78 is 11.4. The van der Waals surface area contributed by atoms with Gasteiger partial charge in [0.2, 0.25) is 0 Å². The maximum absolute atomic E-state index is 13.4. The first-order valence-electron chi connectivity index (χ1n) is 16.5. The number of methoxy groups -OCH3 is 1. The summed E-state index contributed by atoms with van der Waals surface area (Å²) in [5.74, 6) is 1.42. The molecule has 2 aromatic carbocycles. The largest absolute Gasteiger partial charge is 0.496 e. The summed E-state index contributed by atoms with van der Waals surface area (Å²) in [6, 6.07) is 14.5. The van der Waals surface area contributed by atoms with Crippen LogP contribution in [0.4, 0.5) is 5.69 Å². The van der Waals surface area contributed by atoms with Crippen LogP contribution in [0.1, 0.15) is 100 Å².